The number of H-pyrrole nitrogens is 1. The lowest BCUT2D eigenvalue weighted by atomic mass is 10.2. The van der Waals surface area contributed by atoms with Crippen LogP contribution in [0, 0.1) is 0 Å². The molecular formula is C21H20N6O5. The predicted molar refractivity (Wildman–Crippen MR) is 110 cm³/mol. The molecule has 1 aromatic carbocycles. The maximum Gasteiger partial charge on any atom is 0.372 e. The number of hydrogen-bond donors (Lipinski definition) is 3. The molecule has 0 saturated carbocycles. The molecule has 0 unspecified atom stereocenters. The number of carbonyl (C=O) groups is 2. The standard InChI is InChI=1S/C21H20N6O5/c28-20(22-9-14-10-23-24-11-14)15-1-3-18(4-2-15)31-8-6-17-13-27(26-25-17)12-16-5-7-32-19(16)21(29)30/h1-5,7,10-11,13H,6,8-9,12H2,(H,22,28)(H,23,24)(H,29,30). The van der Waals surface area contributed by atoms with Crippen molar-refractivity contribution in [2.75, 3.05) is 6.61 Å². The zero-order valence-corrected chi connectivity index (χ0v) is 16.9. The number of carbonyl (C=O) groups excluding carboxylic acids is 1. The van der Waals surface area contributed by atoms with Crippen LogP contribution in [-0.4, -0.2) is 48.8 Å². The third-order valence-electron chi connectivity index (χ3n) is 4.61. The van der Waals surface area contributed by atoms with Crippen LogP contribution in [0.3, 0.4) is 0 Å². The summed E-state index contributed by atoms with van der Waals surface area (Å²) in [4.78, 5) is 23.3. The minimum atomic E-state index is -1.12. The summed E-state index contributed by atoms with van der Waals surface area (Å²) in [5, 5.41) is 26.5. The fourth-order valence-electron chi connectivity index (χ4n) is 2.99. The lowest BCUT2D eigenvalue weighted by Gasteiger charge is -2.07. The first-order valence-corrected chi connectivity index (χ1v) is 9.76. The van der Waals surface area contributed by atoms with Crippen molar-refractivity contribution in [3.05, 3.63) is 83.3 Å². The van der Waals surface area contributed by atoms with Gasteiger partial charge in [0.15, 0.2) is 0 Å². The number of ether oxygens (including phenoxy) is 1. The minimum absolute atomic E-state index is 0.107. The van der Waals surface area contributed by atoms with Crippen molar-refractivity contribution in [2.45, 2.75) is 19.5 Å². The molecular weight excluding hydrogens is 416 g/mol. The van der Waals surface area contributed by atoms with Crippen molar-refractivity contribution in [2.24, 2.45) is 0 Å². The lowest BCUT2D eigenvalue weighted by Crippen LogP contribution is -2.22. The van der Waals surface area contributed by atoms with Gasteiger partial charge in [0, 0.05) is 42.0 Å². The highest BCUT2D eigenvalue weighted by Crippen LogP contribution is 2.14. The molecule has 3 heterocycles. The molecule has 164 valence electrons. The van der Waals surface area contributed by atoms with Gasteiger partial charge in [-0.1, -0.05) is 5.21 Å². The molecule has 0 atom stereocenters. The van der Waals surface area contributed by atoms with Crippen molar-refractivity contribution in [1.29, 1.82) is 0 Å². The number of hydrogen-bond acceptors (Lipinski definition) is 7. The van der Waals surface area contributed by atoms with E-state index in [9.17, 15) is 9.59 Å². The number of aromatic nitrogens is 5. The number of carboxylic acids is 1. The second-order valence-corrected chi connectivity index (χ2v) is 6.90. The third-order valence-corrected chi connectivity index (χ3v) is 4.61. The Balaban J connectivity index is 1.23. The fraction of sp³-hybridized carbons (Fsp3) is 0.190. The Kier molecular flexibility index (Phi) is 6.25. The molecule has 0 fully saturated rings. The second kappa shape index (κ2) is 9.60. The quantitative estimate of drug-likeness (QED) is 0.341. The van der Waals surface area contributed by atoms with E-state index in [1.165, 1.54) is 6.26 Å². The molecule has 3 aromatic heterocycles. The number of benzene rings is 1. The smallest absolute Gasteiger partial charge is 0.372 e. The summed E-state index contributed by atoms with van der Waals surface area (Å²) >= 11 is 0. The molecule has 4 rings (SSSR count). The number of furan rings is 1. The largest absolute Gasteiger partial charge is 0.493 e. The van der Waals surface area contributed by atoms with E-state index < -0.39 is 5.97 Å². The third kappa shape index (κ3) is 5.19. The molecule has 0 bridgehead atoms. The van der Waals surface area contributed by atoms with E-state index in [4.69, 9.17) is 14.3 Å². The van der Waals surface area contributed by atoms with Gasteiger partial charge in [-0.2, -0.15) is 5.10 Å². The Morgan fingerprint density at radius 2 is 2.06 bits per heavy atom. The molecule has 0 saturated heterocycles. The number of carboxylic acid groups (broad SMARTS) is 1. The first-order chi connectivity index (χ1) is 15.6. The van der Waals surface area contributed by atoms with E-state index in [0.717, 1.165) is 5.56 Å². The van der Waals surface area contributed by atoms with Crippen molar-refractivity contribution in [1.82, 2.24) is 30.5 Å². The normalized spacial score (nSPS) is 10.8. The van der Waals surface area contributed by atoms with Crippen LogP contribution >= 0.6 is 0 Å². The maximum absolute atomic E-state index is 12.2. The number of nitrogens with zero attached hydrogens (tertiary/aromatic N) is 4. The Bertz CT molecular complexity index is 1180. The monoisotopic (exact) mass is 436 g/mol. The Morgan fingerprint density at radius 3 is 2.81 bits per heavy atom. The first-order valence-electron chi connectivity index (χ1n) is 9.76. The van der Waals surface area contributed by atoms with Gasteiger partial charge in [-0.05, 0) is 30.3 Å². The van der Waals surface area contributed by atoms with E-state index in [1.807, 2.05) is 0 Å². The number of aromatic amines is 1. The van der Waals surface area contributed by atoms with Crippen LogP contribution in [0.25, 0.3) is 0 Å². The highest BCUT2D eigenvalue weighted by atomic mass is 16.5. The summed E-state index contributed by atoms with van der Waals surface area (Å²) in [5.41, 5.74) is 2.64. The molecule has 0 aliphatic heterocycles. The van der Waals surface area contributed by atoms with Crippen molar-refractivity contribution in [3.8, 4) is 5.75 Å². The summed E-state index contributed by atoms with van der Waals surface area (Å²) in [6, 6.07) is 8.45. The topological polar surface area (TPSA) is 148 Å². The highest BCUT2D eigenvalue weighted by Gasteiger charge is 2.15. The average Bonchev–Trinajstić information content (AvgIpc) is 3.55. The molecule has 32 heavy (non-hydrogen) atoms. The Morgan fingerprint density at radius 1 is 1.22 bits per heavy atom. The first kappa shape index (κ1) is 20.8. The van der Waals surface area contributed by atoms with Gasteiger partial charge in [0.25, 0.3) is 5.91 Å². The summed E-state index contributed by atoms with van der Waals surface area (Å²) in [5.74, 6) is -0.782. The number of amides is 1. The van der Waals surface area contributed by atoms with E-state index in [0.29, 0.717) is 42.1 Å². The van der Waals surface area contributed by atoms with Crippen LogP contribution in [0.5, 0.6) is 5.75 Å². The molecule has 0 aliphatic rings. The van der Waals surface area contributed by atoms with Gasteiger partial charge in [-0.3, -0.25) is 9.89 Å². The van der Waals surface area contributed by atoms with Gasteiger partial charge in [0.05, 0.1) is 31.3 Å². The molecule has 3 N–H and O–H groups in total. The fourth-order valence-corrected chi connectivity index (χ4v) is 2.99. The zero-order chi connectivity index (χ0) is 22.3. The average molecular weight is 436 g/mol. The van der Waals surface area contributed by atoms with Crippen molar-refractivity contribution >= 4 is 11.9 Å². The molecule has 1 amide bonds. The van der Waals surface area contributed by atoms with Crippen LogP contribution in [0.4, 0.5) is 0 Å². The van der Waals surface area contributed by atoms with Gasteiger partial charge in [-0.15, -0.1) is 5.10 Å². The van der Waals surface area contributed by atoms with Crippen LogP contribution < -0.4 is 10.1 Å². The predicted octanol–water partition coefficient (Wildman–Crippen LogP) is 1.89. The van der Waals surface area contributed by atoms with Crippen LogP contribution in [0.2, 0.25) is 0 Å². The van der Waals surface area contributed by atoms with Gasteiger partial charge in [-0.25, -0.2) is 9.48 Å². The van der Waals surface area contributed by atoms with Gasteiger partial charge in [0.2, 0.25) is 5.76 Å². The van der Waals surface area contributed by atoms with Gasteiger partial charge >= 0.3 is 5.97 Å². The summed E-state index contributed by atoms with van der Waals surface area (Å²) < 4.78 is 12.2. The summed E-state index contributed by atoms with van der Waals surface area (Å²) in [6.45, 7) is 1.01. The van der Waals surface area contributed by atoms with Crippen LogP contribution in [0.15, 0.2) is 59.6 Å². The summed E-state index contributed by atoms with van der Waals surface area (Å²) in [6.07, 6.45) is 6.96. The molecule has 11 nitrogen and oxygen atoms in total. The van der Waals surface area contributed by atoms with E-state index >= 15 is 0 Å². The molecule has 11 heteroatoms. The Labute approximate surface area is 182 Å². The molecule has 0 spiro atoms. The van der Waals surface area contributed by atoms with Crippen molar-refractivity contribution < 1.29 is 23.8 Å². The second-order valence-electron chi connectivity index (χ2n) is 6.90. The van der Waals surface area contributed by atoms with Crippen LogP contribution in [-0.2, 0) is 19.5 Å². The zero-order valence-electron chi connectivity index (χ0n) is 16.9. The van der Waals surface area contributed by atoms with Gasteiger partial charge in [0.1, 0.15) is 5.75 Å². The SMILES string of the molecule is O=C(NCc1cn[nH]c1)c1ccc(OCCc2cn(Cc3ccoc3C(=O)O)nn2)cc1. The van der Waals surface area contributed by atoms with Gasteiger partial charge < -0.3 is 19.6 Å². The number of rotatable bonds is 10. The summed E-state index contributed by atoms with van der Waals surface area (Å²) in [7, 11) is 0. The molecule has 4 aromatic rings. The Hall–Kier alpha value is -4.41. The maximum atomic E-state index is 12.2. The number of aromatic carboxylic acids is 1. The minimum Gasteiger partial charge on any atom is -0.493 e. The van der Waals surface area contributed by atoms with Crippen molar-refractivity contribution in [3.63, 3.8) is 0 Å². The van der Waals surface area contributed by atoms with E-state index in [1.54, 1.807) is 53.6 Å². The molecule has 0 radical (unpaired) electrons. The van der Waals surface area contributed by atoms with E-state index in [-0.39, 0.29) is 18.2 Å². The van der Waals surface area contributed by atoms with Crippen LogP contribution in [0.1, 0.15) is 37.7 Å². The highest BCUT2D eigenvalue weighted by molar-refractivity contribution is 5.94. The number of nitrogens with one attached hydrogen (secondary N) is 2. The van der Waals surface area contributed by atoms with E-state index in [2.05, 4.69) is 25.8 Å². The molecule has 0 aliphatic carbocycles. The lowest BCUT2D eigenvalue weighted by molar-refractivity contribution is 0.0660.